The number of fused-ring (bicyclic) bond motifs is 2. The number of rotatable bonds is 6. The molecule has 2 bridgehead atoms. The van der Waals surface area contributed by atoms with E-state index in [1.54, 1.807) is 0 Å². The summed E-state index contributed by atoms with van der Waals surface area (Å²) < 4.78 is 1.44. The highest BCUT2D eigenvalue weighted by Crippen LogP contribution is 2.49. The van der Waals surface area contributed by atoms with E-state index >= 15 is 0 Å². The fraction of sp³-hybridized carbons (Fsp3) is 0.733. The van der Waals surface area contributed by atoms with Gasteiger partial charge in [0.05, 0.1) is 23.9 Å². The fourth-order valence-corrected chi connectivity index (χ4v) is 4.13. The molecule has 1 aromatic rings. The second-order valence-corrected chi connectivity index (χ2v) is 6.64. The minimum atomic E-state index is -0.534. The maximum absolute atomic E-state index is 12.0. The number of nitrogens with one attached hydrogen (secondary N) is 1. The van der Waals surface area contributed by atoms with Gasteiger partial charge >= 0.3 is 5.82 Å². The quantitative estimate of drug-likeness (QED) is 0.644. The first-order chi connectivity index (χ1) is 10.5. The Labute approximate surface area is 129 Å². The lowest BCUT2D eigenvalue weighted by molar-refractivity contribution is -0.389. The predicted molar refractivity (Wildman–Crippen MR) is 80.0 cm³/mol. The molecule has 1 heterocycles. The van der Waals surface area contributed by atoms with Crippen molar-refractivity contribution in [2.45, 2.75) is 51.6 Å². The summed E-state index contributed by atoms with van der Waals surface area (Å²) in [4.78, 5) is 22.1. The molecule has 2 saturated carbocycles. The Kier molecular flexibility index (Phi) is 4.13. The van der Waals surface area contributed by atoms with Gasteiger partial charge in [-0.25, -0.2) is 0 Å². The van der Waals surface area contributed by atoms with E-state index in [0.717, 1.165) is 11.8 Å². The van der Waals surface area contributed by atoms with Crippen molar-refractivity contribution in [2.75, 3.05) is 0 Å². The van der Waals surface area contributed by atoms with E-state index in [4.69, 9.17) is 0 Å². The van der Waals surface area contributed by atoms with Crippen molar-refractivity contribution in [3.05, 3.63) is 22.4 Å². The van der Waals surface area contributed by atoms with E-state index in [2.05, 4.69) is 17.3 Å². The van der Waals surface area contributed by atoms with Crippen molar-refractivity contribution >= 4 is 11.7 Å². The van der Waals surface area contributed by atoms with Gasteiger partial charge in [-0.3, -0.25) is 4.79 Å². The van der Waals surface area contributed by atoms with E-state index < -0.39 is 4.92 Å². The van der Waals surface area contributed by atoms with Crippen LogP contribution >= 0.6 is 0 Å². The summed E-state index contributed by atoms with van der Waals surface area (Å²) in [6.45, 7) is 2.46. The molecule has 0 unspecified atom stereocenters. The van der Waals surface area contributed by atoms with Gasteiger partial charge in [-0.1, -0.05) is 6.42 Å². The Morgan fingerprint density at radius 3 is 2.95 bits per heavy atom. The molecule has 0 aliphatic heterocycles. The van der Waals surface area contributed by atoms with Crippen LogP contribution in [0.4, 0.5) is 5.82 Å². The molecular formula is C15H22N4O3. The Hall–Kier alpha value is -1.92. The number of carbonyl (C=O) groups is 1. The molecule has 2 aliphatic carbocycles. The summed E-state index contributed by atoms with van der Waals surface area (Å²) in [5.74, 6) is 2.09. The Morgan fingerprint density at radius 1 is 1.55 bits per heavy atom. The lowest BCUT2D eigenvalue weighted by Gasteiger charge is -2.28. The monoisotopic (exact) mass is 306 g/mol. The van der Waals surface area contributed by atoms with E-state index in [-0.39, 0.29) is 17.8 Å². The largest absolute Gasteiger partial charge is 0.389 e. The predicted octanol–water partition coefficient (Wildman–Crippen LogP) is 2.12. The second kappa shape index (κ2) is 6.06. The summed E-state index contributed by atoms with van der Waals surface area (Å²) >= 11 is 0. The van der Waals surface area contributed by atoms with Crippen LogP contribution in [0, 0.1) is 27.9 Å². The fourth-order valence-electron chi connectivity index (χ4n) is 4.13. The molecule has 22 heavy (non-hydrogen) atoms. The maximum Gasteiger partial charge on any atom is 0.389 e. The van der Waals surface area contributed by atoms with Gasteiger partial charge in [-0.2, -0.15) is 4.68 Å². The van der Waals surface area contributed by atoms with Crippen molar-refractivity contribution in [1.29, 1.82) is 0 Å². The van der Waals surface area contributed by atoms with Gasteiger partial charge in [0.15, 0.2) is 0 Å². The van der Waals surface area contributed by atoms with Crippen LogP contribution in [0.5, 0.6) is 0 Å². The standard InChI is InChI=1S/C15H22N4O3/c1-10(13-9-11-2-3-12(13)8-11)16-15(20)5-7-18-6-4-14(17-18)19(21)22/h4,6,10-13H,2-3,5,7-9H2,1H3,(H,16,20)/t10-,11+,12+,13-/m1/s1. The molecule has 2 fully saturated rings. The van der Waals surface area contributed by atoms with E-state index in [9.17, 15) is 14.9 Å². The minimum absolute atomic E-state index is 0.00609. The minimum Gasteiger partial charge on any atom is -0.358 e. The van der Waals surface area contributed by atoms with Crippen LogP contribution in [-0.4, -0.2) is 26.7 Å². The van der Waals surface area contributed by atoms with Crippen molar-refractivity contribution in [3.63, 3.8) is 0 Å². The van der Waals surface area contributed by atoms with Crippen LogP contribution in [0.25, 0.3) is 0 Å². The highest BCUT2D eigenvalue weighted by Gasteiger charge is 2.42. The molecule has 7 nitrogen and oxygen atoms in total. The second-order valence-electron chi connectivity index (χ2n) is 6.64. The number of nitrogens with zero attached hydrogens (tertiary/aromatic N) is 3. The van der Waals surface area contributed by atoms with Crippen molar-refractivity contribution in [2.24, 2.45) is 17.8 Å². The number of nitro groups is 1. The number of hydrogen-bond donors (Lipinski definition) is 1. The van der Waals surface area contributed by atoms with Gasteiger partial charge in [-0.15, -0.1) is 0 Å². The zero-order valence-corrected chi connectivity index (χ0v) is 12.8. The van der Waals surface area contributed by atoms with Crippen LogP contribution in [0.1, 0.15) is 39.0 Å². The number of hydrogen-bond acceptors (Lipinski definition) is 4. The van der Waals surface area contributed by atoms with Crippen LogP contribution in [-0.2, 0) is 11.3 Å². The maximum atomic E-state index is 12.0. The molecule has 0 spiro atoms. The van der Waals surface area contributed by atoms with Crippen LogP contribution in [0.15, 0.2) is 12.3 Å². The third kappa shape index (κ3) is 3.13. The molecule has 1 aromatic heterocycles. The summed E-state index contributed by atoms with van der Waals surface area (Å²) in [7, 11) is 0. The van der Waals surface area contributed by atoms with Crippen LogP contribution in [0.2, 0.25) is 0 Å². The van der Waals surface area contributed by atoms with Gasteiger partial charge in [0.25, 0.3) is 0 Å². The van der Waals surface area contributed by atoms with Gasteiger partial charge in [0.1, 0.15) is 0 Å². The Morgan fingerprint density at radius 2 is 2.36 bits per heavy atom. The highest BCUT2D eigenvalue weighted by atomic mass is 16.6. The van der Waals surface area contributed by atoms with E-state index in [1.165, 1.54) is 42.6 Å². The lowest BCUT2D eigenvalue weighted by Crippen LogP contribution is -2.40. The normalized spacial score (nSPS) is 27.8. The van der Waals surface area contributed by atoms with Crippen LogP contribution in [0.3, 0.4) is 0 Å². The summed E-state index contributed by atoms with van der Waals surface area (Å²) in [5, 5.41) is 17.5. The topological polar surface area (TPSA) is 90.1 Å². The van der Waals surface area contributed by atoms with Crippen molar-refractivity contribution in [1.82, 2.24) is 15.1 Å². The molecule has 1 amide bonds. The average molecular weight is 306 g/mol. The molecule has 7 heteroatoms. The molecular weight excluding hydrogens is 284 g/mol. The first-order valence-corrected chi connectivity index (χ1v) is 8.00. The first kappa shape index (κ1) is 15.0. The molecule has 1 N–H and O–H groups in total. The summed E-state index contributed by atoms with van der Waals surface area (Å²) in [6.07, 6.45) is 7.08. The van der Waals surface area contributed by atoms with Gasteiger partial charge in [-0.05, 0) is 48.9 Å². The number of aryl methyl sites for hydroxylation is 1. The molecule has 0 aromatic carbocycles. The Balaban J connectivity index is 1.45. The van der Waals surface area contributed by atoms with Gasteiger partial charge in [0, 0.05) is 12.5 Å². The smallest absolute Gasteiger partial charge is 0.358 e. The highest BCUT2D eigenvalue weighted by molar-refractivity contribution is 5.76. The van der Waals surface area contributed by atoms with Crippen molar-refractivity contribution in [3.8, 4) is 0 Å². The van der Waals surface area contributed by atoms with E-state index in [1.807, 2.05) is 0 Å². The third-order valence-electron chi connectivity index (χ3n) is 5.21. The van der Waals surface area contributed by atoms with Crippen molar-refractivity contribution < 1.29 is 9.72 Å². The SMILES string of the molecule is C[C@@H](NC(=O)CCn1ccc([N+](=O)[O-])n1)[C@H]1C[C@H]2CC[C@H]1C2. The van der Waals surface area contributed by atoms with E-state index in [0.29, 0.717) is 18.9 Å². The molecule has 2 aliphatic rings. The number of aromatic nitrogens is 2. The lowest BCUT2D eigenvalue weighted by atomic mass is 9.84. The molecule has 4 atom stereocenters. The number of amides is 1. The molecule has 0 radical (unpaired) electrons. The van der Waals surface area contributed by atoms with Gasteiger partial charge in [0.2, 0.25) is 5.91 Å². The first-order valence-electron chi connectivity index (χ1n) is 8.00. The zero-order valence-electron chi connectivity index (χ0n) is 12.8. The summed E-state index contributed by atoms with van der Waals surface area (Å²) in [6, 6.07) is 1.56. The molecule has 0 saturated heterocycles. The Bertz CT molecular complexity index is 571. The van der Waals surface area contributed by atoms with Gasteiger partial charge < -0.3 is 15.4 Å². The third-order valence-corrected chi connectivity index (χ3v) is 5.21. The summed E-state index contributed by atoms with van der Waals surface area (Å²) in [5.41, 5.74) is 0. The molecule has 3 rings (SSSR count). The number of carbonyl (C=O) groups excluding carboxylic acids is 1. The average Bonchev–Trinajstić information content (AvgIpc) is 3.20. The van der Waals surface area contributed by atoms with Crippen LogP contribution < -0.4 is 5.32 Å². The molecule has 120 valence electrons. The zero-order chi connectivity index (χ0) is 15.7.